The minimum Gasteiger partial charge on any atom is -0.310 e. The average Bonchev–Trinajstić information content (AvgIpc) is 3.66. The van der Waals surface area contributed by atoms with Crippen molar-refractivity contribution < 1.29 is 0 Å². The predicted octanol–water partition coefficient (Wildman–Crippen LogP) is 16.9. The molecule has 1 aromatic heterocycles. The third kappa shape index (κ3) is 7.43. The molecule has 0 aliphatic rings. The molecule has 0 aliphatic heterocycles. The molecule has 1 heterocycles. The van der Waals surface area contributed by atoms with Gasteiger partial charge in [0.05, 0.1) is 44.2 Å². The molecular weight excluding hydrogens is 843 g/mol. The second-order valence-corrected chi connectivity index (χ2v) is 30.6. The maximum absolute atomic E-state index is 2.57. The summed E-state index contributed by atoms with van der Waals surface area (Å²) in [6.45, 7) is 18.9. The largest absolute Gasteiger partial charge is 0.310 e. The summed E-state index contributed by atoms with van der Waals surface area (Å²) in [7, 11) is -3.08. The zero-order valence-corrected chi connectivity index (χ0v) is 41.9. The van der Waals surface area contributed by atoms with Crippen LogP contribution in [0.2, 0.25) is 39.3 Å². The summed E-state index contributed by atoms with van der Waals surface area (Å²) in [5, 5.41) is 12.7. The fraction of sp³-hybridized carbons (Fsp3) is 0.129. The molecule has 0 aliphatic carbocycles. The quantitative estimate of drug-likeness (QED) is 0.134. The lowest BCUT2D eigenvalue weighted by molar-refractivity contribution is 1.19. The van der Waals surface area contributed by atoms with Crippen LogP contribution in [0, 0.1) is 13.8 Å². The molecule has 0 unspecified atom stereocenters. The van der Waals surface area contributed by atoms with E-state index in [9.17, 15) is 0 Å². The Morgan fingerprint density at radius 3 is 1.09 bits per heavy atom. The molecule has 0 saturated carbocycles. The highest BCUT2D eigenvalue weighted by Crippen LogP contribution is 2.50. The molecule has 11 aromatic rings. The topological polar surface area (TPSA) is 11.4 Å². The average molecular weight is 900 g/mol. The summed E-state index contributed by atoms with van der Waals surface area (Å²) in [5.74, 6) is 0. The maximum atomic E-state index is 2.57. The van der Waals surface area contributed by atoms with E-state index in [1.165, 1.54) is 75.6 Å². The van der Waals surface area contributed by atoms with E-state index >= 15 is 0 Å². The first kappa shape index (κ1) is 42.4. The van der Waals surface area contributed by atoms with Crippen LogP contribution >= 0.6 is 0 Å². The smallest absolute Gasteiger partial charge is 0.0775 e. The van der Waals surface area contributed by atoms with Gasteiger partial charge in [-0.25, -0.2) is 0 Å². The minimum atomic E-state index is -1.54. The Kier molecular flexibility index (Phi) is 10.3. The van der Waals surface area contributed by atoms with Crippen LogP contribution in [-0.2, 0) is 0 Å². The predicted molar refractivity (Wildman–Crippen MR) is 298 cm³/mol. The Balaban J connectivity index is 1.30. The molecule has 0 bridgehead atoms. The molecule has 67 heavy (non-hydrogen) atoms. The summed E-state index contributed by atoms with van der Waals surface area (Å²) in [6, 6.07) is 75.6. The Bertz CT molecular complexity index is 3440. The molecule has 5 heteroatoms. The second-order valence-electron chi connectivity index (χ2n) is 20.4. The van der Waals surface area contributed by atoms with Crippen LogP contribution < -0.4 is 20.2 Å². The molecule has 10 aromatic carbocycles. The molecule has 328 valence electrons. The minimum absolute atomic E-state index is 1.13. The summed E-state index contributed by atoms with van der Waals surface area (Å²) < 4.78 is 2.57. The van der Waals surface area contributed by atoms with Gasteiger partial charge in [-0.05, 0) is 96.7 Å². The lowest BCUT2D eigenvalue weighted by atomic mass is 9.96. The van der Waals surface area contributed by atoms with Gasteiger partial charge in [0.15, 0.2) is 0 Å². The van der Waals surface area contributed by atoms with E-state index < -0.39 is 16.1 Å². The molecule has 0 spiro atoms. The highest BCUT2D eigenvalue weighted by Gasteiger charge is 2.27. The van der Waals surface area contributed by atoms with Crippen molar-refractivity contribution >= 4 is 115 Å². The van der Waals surface area contributed by atoms with E-state index in [1.807, 2.05) is 0 Å². The second kappa shape index (κ2) is 16.3. The molecule has 11 rings (SSSR count). The van der Waals surface area contributed by atoms with Crippen molar-refractivity contribution in [1.82, 2.24) is 4.57 Å². The number of benzene rings is 10. The highest BCUT2D eigenvalue weighted by atomic mass is 28.3. The summed E-state index contributed by atoms with van der Waals surface area (Å²) in [5.41, 5.74) is 12.8. The van der Waals surface area contributed by atoms with E-state index in [4.69, 9.17) is 0 Å². The van der Waals surface area contributed by atoms with Gasteiger partial charge in [-0.2, -0.15) is 0 Å². The molecule has 0 fully saturated rings. The van der Waals surface area contributed by atoms with Crippen molar-refractivity contribution in [1.29, 1.82) is 0 Å². The Hall–Kier alpha value is -7.19. The third-order valence-corrected chi connectivity index (χ3v) is 17.9. The molecule has 0 amide bonds. The number of anilines is 6. The van der Waals surface area contributed by atoms with Gasteiger partial charge in [0.25, 0.3) is 0 Å². The van der Waals surface area contributed by atoms with Crippen molar-refractivity contribution in [2.24, 2.45) is 0 Å². The molecule has 3 nitrogen and oxygen atoms in total. The highest BCUT2D eigenvalue weighted by molar-refractivity contribution is 6.89. The van der Waals surface area contributed by atoms with Gasteiger partial charge in [-0.15, -0.1) is 0 Å². The van der Waals surface area contributed by atoms with Gasteiger partial charge < -0.3 is 14.4 Å². The van der Waals surface area contributed by atoms with Gasteiger partial charge in [-0.1, -0.05) is 194 Å². The Morgan fingerprint density at radius 2 is 0.687 bits per heavy atom. The van der Waals surface area contributed by atoms with Crippen LogP contribution in [0.1, 0.15) is 11.1 Å². The number of hydrogen-bond acceptors (Lipinski definition) is 2. The number of rotatable bonds is 9. The SMILES string of the molecule is Cc1ccc(N(c2ccc([Si](C)(C)C)cc2)c2cc3c(c4ccccc24)c2c4ccccc4c(N(c4ccc(C)cc4)c4ccc([Si](C)(C)C)cc4)cc2n3-c2cccc3ccccc23)cc1. The summed E-state index contributed by atoms with van der Waals surface area (Å²) >= 11 is 0. The summed E-state index contributed by atoms with van der Waals surface area (Å²) in [6.07, 6.45) is 0. The first-order valence-corrected chi connectivity index (χ1v) is 30.7. The van der Waals surface area contributed by atoms with Gasteiger partial charge in [0.2, 0.25) is 0 Å². The normalized spacial score (nSPS) is 12.2. The van der Waals surface area contributed by atoms with E-state index in [0.717, 1.165) is 39.8 Å². The van der Waals surface area contributed by atoms with Gasteiger partial charge >= 0.3 is 0 Å². The standard InChI is InChI=1S/C62H57N3Si2/c1-42-24-28-45(29-25-42)63(47-32-36-49(37-33-47)66(3,4)5)57-40-59-61(54-21-13-11-19-52(54)57)62-55-22-14-12-20-53(55)58(41-60(62)65(59)56-23-15-17-44-16-9-10-18-51(44)56)64(46-30-26-43(2)27-31-46)48-34-38-50(39-35-48)67(6,7)8/h9-41H,1-8H3. The molecule has 0 saturated heterocycles. The van der Waals surface area contributed by atoms with Gasteiger partial charge in [-0.3, -0.25) is 0 Å². The van der Waals surface area contributed by atoms with Gasteiger partial charge in [0, 0.05) is 49.7 Å². The van der Waals surface area contributed by atoms with Gasteiger partial charge in [0.1, 0.15) is 0 Å². The van der Waals surface area contributed by atoms with E-state index in [1.54, 1.807) is 0 Å². The van der Waals surface area contributed by atoms with E-state index in [2.05, 4.69) is 268 Å². The molecule has 0 N–H and O–H groups in total. The molecule has 0 radical (unpaired) electrons. The number of hydrogen-bond donors (Lipinski definition) is 0. The Labute approximate surface area is 397 Å². The fourth-order valence-corrected chi connectivity index (χ4v) is 12.5. The number of aromatic nitrogens is 1. The number of nitrogens with zero attached hydrogens (tertiary/aromatic N) is 3. The first-order valence-electron chi connectivity index (χ1n) is 23.7. The molecule has 0 atom stereocenters. The zero-order valence-electron chi connectivity index (χ0n) is 39.9. The van der Waals surface area contributed by atoms with Crippen molar-refractivity contribution in [2.45, 2.75) is 53.1 Å². The van der Waals surface area contributed by atoms with Crippen LogP contribution in [0.4, 0.5) is 34.1 Å². The van der Waals surface area contributed by atoms with E-state index in [0.29, 0.717) is 0 Å². The first-order chi connectivity index (χ1) is 32.3. The molecular formula is C62H57N3Si2. The number of aryl methyl sites for hydroxylation is 2. The van der Waals surface area contributed by atoms with Crippen LogP contribution in [0.25, 0.3) is 59.8 Å². The summed E-state index contributed by atoms with van der Waals surface area (Å²) in [4.78, 5) is 4.96. The lowest BCUT2D eigenvalue weighted by Crippen LogP contribution is -2.37. The third-order valence-electron chi connectivity index (χ3n) is 13.8. The lowest BCUT2D eigenvalue weighted by Gasteiger charge is -2.28. The maximum Gasteiger partial charge on any atom is 0.0775 e. The monoisotopic (exact) mass is 899 g/mol. The van der Waals surface area contributed by atoms with Crippen molar-refractivity contribution in [3.05, 3.63) is 211 Å². The van der Waals surface area contributed by atoms with E-state index in [-0.39, 0.29) is 0 Å². The van der Waals surface area contributed by atoms with Crippen LogP contribution in [0.5, 0.6) is 0 Å². The zero-order chi connectivity index (χ0) is 46.2. The van der Waals surface area contributed by atoms with Crippen molar-refractivity contribution in [3.63, 3.8) is 0 Å². The fourth-order valence-electron chi connectivity index (χ4n) is 10.2. The van der Waals surface area contributed by atoms with Crippen LogP contribution in [0.15, 0.2) is 200 Å². The van der Waals surface area contributed by atoms with Crippen LogP contribution in [0.3, 0.4) is 0 Å². The number of fused-ring (bicyclic) bond motifs is 8. The van der Waals surface area contributed by atoms with Crippen molar-refractivity contribution in [3.8, 4) is 5.69 Å². The van der Waals surface area contributed by atoms with Crippen molar-refractivity contribution in [2.75, 3.05) is 9.80 Å². The Morgan fingerprint density at radius 1 is 0.343 bits per heavy atom. The van der Waals surface area contributed by atoms with Crippen LogP contribution in [-0.4, -0.2) is 20.7 Å².